The molecular weight excluding hydrogens is 440 g/mol. The summed E-state index contributed by atoms with van der Waals surface area (Å²) in [7, 11) is -4.54. The van der Waals surface area contributed by atoms with Crippen LogP contribution in [-0.4, -0.2) is 40.1 Å². The smallest absolute Gasteiger partial charge is 0.337 e. The van der Waals surface area contributed by atoms with Crippen molar-refractivity contribution in [2.24, 2.45) is 15.3 Å². The van der Waals surface area contributed by atoms with Gasteiger partial charge in [-0.25, -0.2) is 4.79 Å². The van der Waals surface area contributed by atoms with Gasteiger partial charge in [0.05, 0.1) is 21.7 Å². The number of nitrogens with one attached hydrogen (secondary N) is 1. The molecule has 164 valence electrons. The van der Waals surface area contributed by atoms with E-state index in [0.717, 1.165) is 18.2 Å². The highest BCUT2D eigenvalue weighted by Gasteiger charge is 2.14. The third-order valence-electron chi connectivity index (χ3n) is 4.08. The Morgan fingerprint density at radius 1 is 0.875 bits per heavy atom. The first-order chi connectivity index (χ1) is 15.2. The minimum absolute atomic E-state index is 0.0272. The Labute approximate surface area is 181 Å². The summed E-state index contributed by atoms with van der Waals surface area (Å²) in [5.74, 6) is -2.02. The molecular formula is C20H16N4O7S. The summed E-state index contributed by atoms with van der Waals surface area (Å²) in [5, 5.41) is 41.2. The number of aromatic hydroxyl groups is 2. The fourth-order valence-corrected chi connectivity index (χ4v) is 3.03. The minimum atomic E-state index is -4.54. The summed E-state index contributed by atoms with van der Waals surface area (Å²) in [6.45, 7) is 0. The number of phenolic OH excluding ortho intramolecular Hbond substituents is 2. The van der Waals surface area contributed by atoms with Gasteiger partial charge in [-0.2, -0.15) is 13.5 Å². The average Bonchev–Trinajstić information content (AvgIpc) is 2.75. The Balaban J connectivity index is 2.05. The first-order valence-corrected chi connectivity index (χ1v) is 10.3. The fraction of sp³-hybridized carbons (Fsp3) is 0. The topological polar surface area (TPSA) is 181 Å². The maximum absolute atomic E-state index is 11.4. The van der Waals surface area contributed by atoms with Gasteiger partial charge < -0.3 is 15.3 Å². The van der Waals surface area contributed by atoms with E-state index in [4.69, 9.17) is 0 Å². The third kappa shape index (κ3) is 5.24. The molecule has 0 aliphatic carbocycles. The number of carboxylic acid groups (broad SMARTS) is 1. The van der Waals surface area contributed by atoms with E-state index >= 15 is 0 Å². The van der Waals surface area contributed by atoms with Crippen molar-refractivity contribution in [1.82, 2.24) is 0 Å². The van der Waals surface area contributed by atoms with Gasteiger partial charge in [0.15, 0.2) is 0 Å². The molecule has 32 heavy (non-hydrogen) atoms. The van der Waals surface area contributed by atoms with Gasteiger partial charge in [-0.3, -0.25) is 9.98 Å². The molecule has 3 aromatic rings. The number of nitrogens with zero attached hydrogens (tertiary/aromatic N) is 3. The molecule has 0 bridgehead atoms. The molecule has 0 atom stereocenters. The quantitative estimate of drug-likeness (QED) is 0.0931. The minimum Gasteiger partial charge on any atom is -0.507 e. The van der Waals surface area contributed by atoms with E-state index < -0.39 is 21.0 Å². The van der Waals surface area contributed by atoms with E-state index in [1.54, 1.807) is 18.2 Å². The molecule has 5 N–H and O–H groups in total. The van der Waals surface area contributed by atoms with Crippen molar-refractivity contribution < 1.29 is 33.1 Å². The maximum atomic E-state index is 11.4. The van der Waals surface area contributed by atoms with Crippen LogP contribution in [0.5, 0.6) is 11.5 Å². The molecule has 0 saturated heterocycles. The number of amidine groups is 1. The Morgan fingerprint density at radius 3 is 2.19 bits per heavy atom. The highest BCUT2D eigenvalue weighted by Crippen LogP contribution is 2.27. The standard InChI is InChI=1S/C20H16N4O7S/c25-17-8-4-2-6-14(17)19(23-21-15-7-3-1-5-13(15)20(27)28)24-22-16-11-12(32(29,30)31)9-10-18(16)26/h1-11,22,25-26H,(H,27,28)(H,29,30,31). The number of aromatic carboxylic acids is 1. The van der Waals surface area contributed by atoms with Crippen molar-refractivity contribution in [3.05, 3.63) is 77.9 Å². The van der Waals surface area contributed by atoms with Crippen molar-refractivity contribution >= 4 is 33.3 Å². The van der Waals surface area contributed by atoms with E-state index in [0.29, 0.717) is 0 Å². The Hall–Kier alpha value is -4.29. The molecule has 0 fully saturated rings. The second kappa shape index (κ2) is 9.24. The number of rotatable bonds is 6. The molecule has 0 radical (unpaired) electrons. The molecule has 0 spiro atoms. The summed E-state index contributed by atoms with van der Waals surface area (Å²) in [4.78, 5) is 10.9. The molecule has 0 saturated carbocycles. The summed E-state index contributed by atoms with van der Waals surface area (Å²) < 4.78 is 31.9. The van der Waals surface area contributed by atoms with Crippen molar-refractivity contribution in [3.8, 4) is 11.5 Å². The van der Waals surface area contributed by atoms with Crippen LogP contribution in [0.3, 0.4) is 0 Å². The first-order valence-electron chi connectivity index (χ1n) is 8.83. The van der Waals surface area contributed by atoms with E-state index in [9.17, 15) is 33.1 Å². The van der Waals surface area contributed by atoms with Crippen LogP contribution in [0.1, 0.15) is 15.9 Å². The maximum Gasteiger partial charge on any atom is 0.337 e. The normalized spacial score (nSPS) is 12.1. The van der Waals surface area contributed by atoms with Crippen LogP contribution in [0.25, 0.3) is 0 Å². The monoisotopic (exact) mass is 456 g/mol. The molecule has 3 rings (SSSR count). The molecule has 0 aliphatic rings. The van der Waals surface area contributed by atoms with Crippen molar-refractivity contribution in [3.63, 3.8) is 0 Å². The van der Waals surface area contributed by atoms with E-state index in [1.165, 1.54) is 30.3 Å². The summed E-state index contributed by atoms with van der Waals surface area (Å²) in [5.41, 5.74) is 2.25. The van der Waals surface area contributed by atoms with Crippen LogP contribution in [-0.2, 0) is 10.1 Å². The van der Waals surface area contributed by atoms with E-state index in [1.807, 2.05) is 0 Å². The Kier molecular flexibility index (Phi) is 6.47. The first kappa shape index (κ1) is 22.4. The van der Waals surface area contributed by atoms with Crippen LogP contribution in [0.4, 0.5) is 11.4 Å². The van der Waals surface area contributed by atoms with E-state index in [-0.39, 0.29) is 39.8 Å². The van der Waals surface area contributed by atoms with Crippen LogP contribution in [0.2, 0.25) is 0 Å². The van der Waals surface area contributed by atoms with Gasteiger partial charge in [0, 0.05) is 0 Å². The Morgan fingerprint density at radius 2 is 1.53 bits per heavy atom. The highest BCUT2D eigenvalue weighted by atomic mass is 32.2. The van der Waals surface area contributed by atoms with Gasteiger partial charge in [0.25, 0.3) is 10.1 Å². The zero-order valence-electron chi connectivity index (χ0n) is 16.1. The highest BCUT2D eigenvalue weighted by molar-refractivity contribution is 7.85. The van der Waals surface area contributed by atoms with E-state index in [2.05, 4.69) is 20.8 Å². The molecule has 3 aromatic carbocycles. The van der Waals surface area contributed by atoms with Crippen LogP contribution in [0.15, 0.2) is 87.0 Å². The van der Waals surface area contributed by atoms with Crippen LogP contribution < -0.4 is 5.43 Å². The lowest BCUT2D eigenvalue weighted by Gasteiger charge is -2.08. The molecule has 0 amide bonds. The Bertz CT molecular complexity index is 1340. The van der Waals surface area contributed by atoms with Crippen molar-refractivity contribution in [1.29, 1.82) is 0 Å². The number of phenols is 2. The number of hydrogen-bond acceptors (Lipinski definition) is 8. The number of hydrogen-bond donors (Lipinski definition) is 5. The van der Waals surface area contributed by atoms with Gasteiger partial charge in [-0.15, -0.1) is 10.2 Å². The van der Waals surface area contributed by atoms with Gasteiger partial charge in [0.2, 0.25) is 5.84 Å². The number of para-hydroxylation sites is 1. The second-order valence-corrected chi connectivity index (χ2v) is 7.66. The lowest BCUT2D eigenvalue weighted by molar-refractivity contribution is 0.0697. The SMILES string of the molecule is O=C(O)c1ccccc1N=NC(=NNc1cc(S(=O)(=O)O)ccc1O)c1ccccc1O. The zero-order valence-corrected chi connectivity index (χ0v) is 16.9. The summed E-state index contributed by atoms with van der Waals surface area (Å²) >= 11 is 0. The second-order valence-electron chi connectivity index (χ2n) is 6.24. The van der Waals surface area contributed by atoms with Gasteiger partial charge >= 0.3 is 5.97 Å². The number of carboxylic acids is 1. The number of azo groups is 1. The number of carbonyl (C=O) groups is 1. The van der Waals surface area contributed by atoms with Gasteiger partial charge in [0.1, 0.15) is 17.2 Å². The number of hydrazone groups is 1. The fourth-order valence-electron chi connectivity index (χ4n) is 2.52. The summed E-state index contributed by atoms with van der Waals surface area (Å²) in [6.07, 6.45) is 0. The molecule has 0 aliphatic heterocycles. The lowest BCUT2D eigenvalue weighted by Crippen LogP contribution is -2.03. The molecule has 0 heterocycles. The van der Waals surface area contributed by atoms with Gasteiger partial charge in [-0.1, -0.05) is 24.3 Å². The number of benzene rings is 3. The zero-order chi connectivity index (χ0) is 23.3. The predicted octanol–water partition coefficient (Wildman–Crippen LogP) is 3.60. The molecule has 11 nitrogen and oxygen atoms in total. The summed E-state index contributed by atoms with van der Waals surface area (Å²) in [6, 6.07) is 14.8. The third-order valence-corrected chi connectivity index (χ3v) is 4.93. The van der Waals surface area contributed by atoms with Crippen LogP contribution >= 0.6 is 0 Å². The van der Waals surface area contributed by atoms with Crippen molar-refractivity contribution in [2.45, 2.75) is 4.90 Å². The predicted molar refractivity (Wildman–Crippen MR) is 114 cm³/mol. The largest absolute Gasteiger partial charge is 0.507 e. The molecule has 0 aromatic heterocycles. The van der Waals surface area contributed by atoms with Crippen molar-refractivity contribution in [2.75, 3.05) is 5.43 Å². The van der Waals surface area contributed by atoms with Crippen LogP contribution in [0, 0.1) is 0 Å². The van der Waals surface area contributed by atoms with Gasteiger partial charge in [-0.05, 0) is 42.5 Å². The lowest BCUT2D eigenvalue weighted by atomic mass is 10.2. The number of anilines is 1. The molecule has 12 heteroatoms. The molecule has 0 unspecified atom stereocenters. The average molecular weight is 456 g/mol.